The topological polar surface area (TPSA) is 87.7 Å². The molecular weight excluding hydrogens is 308 g/mol. The Morgan fingerprint density at radius 1 is 1.21 bits per heavy atom. The van der Waals surface area contributed by atoms with Crippen LogP contribution in [0.1, 0.15) is 66.7 Å². The minimum atomic E-state index is -0.526. The van der Waals surface area contributed by atoms with Crippen molar-refractivity contribution in [3.63, 3.8) is 0 Å². The maximum Gasteiger partial charge on any atom is 0.407 e. The Labute approximate surface area is 145 Å². The Balaban J connectivity index is 2.54. The third-order valence-electron chi connectivity index (χ3n) is 4.59. The Morgan fingerprint density at radius 3 is 2.42 bits per heavy atom. The van der Waals surface area contributed by atoms with Gasteiger partial charge in [0.1, 0.15) is 5.60 Å². The second kappa shape index (κ2) is 9.25. The van der Waals surface area contributed by atoms with Crippen LogP contribution in [0.25, 0.3) is 0 Å². The zero-order valence-corrected chi connectivity index (χ0v) is 15.7. The van der Waals surface area contributed by atoms with E-state index in [2.05, 4.69) is 10.6 Å². The Hall–Kier alpha value is -1.30. The third-order valence-corrected chi connectivity index (χ3v) is 4.59. The van der Waals surface area contributed by atoms with E-state index in [4.69, 9.17) is 9.84 Å². The van der Waals surface area contributed by atoms with Crippen LogP contribution in [0.2, 0.25) is 0 Å². The standard InChI is InChI=1S/C18H34N2O4/c1-12(11-21)13(2)19-16(22)10-14-8-6-7-9-15(14)20-17(23)24-18(3,4)5/h12-15,21H,6-11H2,1-5H3,(H,19,22)(H,20,23). The first-order valence-corrected chi connectivity index (χ1v) is 9.02. The van der Waals surface area contributed by atoms with Gasteiger partial charge >= 0.3 is 6.09 Å². The molecule has 4 unspecified atom stereocenters. The van der Waals surface area contributed by atoms with E-state index in [1.165, 1.54) is 0 Å². The molecule has 0 aromatic heterocycles. The average Bonchev–Trinajstić information content (AvgIpc) is 2.46. The molecule has 24 heavy (non-hydrogen) atoms. The van der Waals surface area contributed by atoms with Crippen LogP contribution in [-0.4, -0.2) is 41.4 Å². The molecule has 1 fully saturated rings. The molecule has 0 aromatic rings. The SMILES string of the molecule is CC(CO)C(C)NC(=O)CC1CCCCC1NC(=O)OC(C)(C)C. The summed E-state index contributed by atoms with van der Waals surface area (Å²) in [7, 11) is 0. The first-order valence-electron chi connectivity index (χ1n) is 9.02. The van der Waals surface area contributed by atoms with Crippen molar-refractivity contribution in [2.24, 2.45) is 11.8 Å². The molecule has 1 aliphatic rings. The molecule has 6 heteroatoms. The number of alkyl carbamates (subject to hydrolysis) is 1. The molecule has 0 aromatic carbocycles. The van der Waals surface area contributed by atoms with Crippen LogP contribution in [0.5, 0.6) is 0 Å². The summed E-state index contributed by atoms with van der Waals surface area (Å²) in [6, 6.07) is -0.0896. The van der Waals surface area contributed by atoms with Crippen LogP contribution in [0, 0.1) is 11.8 Å². The Morgan fingerprint density at radius 2 is 1.83 bits per heavy atom. The van der Waals surface area contributed by atoms with Crippen molar-refractivity contribution in [2.45, 2.75) is 84.4 Å². The van der Waals surface area contributed by atoms with E-state index < -0.39 is 11.7 Å². The largest absolute Gasteiger partial charge is 0.444 e. The summed E-state index contributed by atoms with van der Waals surface area (Å²) in [5.41, 5.74) is -0.526. The fraction of sp³-hybridized carbons (Fsp3) is 0.889. The van der Waals surface area contributed by atoms with Crippen molar-refractivity contribution in [1.82, 2.24) is 10.6 Å². The Kier molecular flexibility index (Phi) is 8.00. The molecule has 2 amide bonds. The van der Waals surface area contributed by atoms with E-state index in [0.717, 1.165) is 25.7 Å². The molecule has 1 saturated carbocycles. The summed E-state index contributed by atoms with van der Waals surface area (Å²) in [5.74, 6) is 0.129. The fourth-order valence-electron chi connectivity index (χ4n) is 2.95. The maximum atomic E-state index is 12.3. The van der Waals surface area contributed by atoms with Crippen LogP contribution >= 0.6 is 0 Å². The van der Waals surface area contributed by atoms with Crippen molar-refractivity contribution in [1.29, 1.82) is 0 Å². The molecule has 0 spiro atoms. The van der Waals surface area contributed by atoms with Gasteiger partial charge in [-0.25, -0.2) is 4.79 Å². The van der Waals surface area contributed by atoms with Gasteiger partial charge in [0.05, 0.1) is 0 Å². The molecule has 1 aliphatic carbocycles. The number of carbonyl (C=O) groups excluding carboxylic acids is 2. The summed E-state index contributed by atoms with van der Waals surface area (Å²) >= 11 is 0. The van der Waals surface area contributed by atoms with Crippen molar-refractivity contribution in [2.75, 3.05) is 6.61 Å². The summed E-state index contributed by atoms with van der Waals surface area (Å²) in [6.45, 7) is 9.36. The van der Waals surface area contributed by atoms with Gasteiger partial charge in [-0.2, -0.15) is 0 Å². The second-order valence-electron chi connectivity index (χ2n) is 8.02. The van der Waals surface area contributed by atoms with E-state index in [0.29, 0.717) is 6.42 Å². The van der Waals surface area contributed by atoms with Gasteiger partial charge in [-0.15, -0.1) is 0 Å². The molecule has 6 nitrogen and oxygen atoms in total. The van der Waals surface area contributed by atoms with Crippen LogP contribution in [0.15, 0.2) is 0 Å². The summed E-state index contributed by atoms with van der Waals surface area (Å²) < 4.78 is 5.33. The number of ether oxygens (including phenoxy) is 1. The van der Waals surface area contributed by atoms with Gasteiger partial charge in [0.15, 0.2) is 0 Å². The lowest BCUT2D eigenvalue weighted by Crippen LogP contribution is -2.46. The van der Waals surface area contributed by atoms with Crippen LogP contribution in [0.3, 0.4) is 0 Å². The minimum absolute atomic E-state index is 0.0225. The van der Waals surface area contributed by atoms with Gasteiger partial charge in [-0.3, -0.25) is 4.79 Å². The number of hydrogen-bond acceptors (Lipinski definition) is 4. The van der Waals surface area contributed by atoms with Crippen LogP contribution in [0.4, 0.5) is 4.79 Å². The lowest BCUT2D eigenvalue weighted by molar-refractivity contribution is -0.123. The van der Waals surface area contributed by atoms with Crippen LogP contribution < -0.4 is 10.6 Å². The number of carbonyl (C=O) groups is 2. The molecule has 140 valence electrons. The van der Waals surface area contributed by atoms with Crippen molar-refractivity contribution < 1.29 is 19.4 Å². The molecule has 0 radical (unpaired) electrons. The van der Waals surface area contributed by atoms with Gasteiger partial charge in [0.25, 0.3) is 0 Å². The summed E-state index contributed by atoms with van der Waals surface area (Å²) in [6.07, 6.45) is 3.91. The van der Waals surface area contributed by atoms with Crippen molar-refractivity contribution >= 4 is 12.0 Å². The summed E-state index contributed by atoms with van der Waals surface area (Å²) in [5, 5.41) is 15.0. The van der Waals surface area contributed by atoms with Gasteiger partial charge in [-0.1, -0.05) is 19.8 Å². The number of hydrogen-bond donors (Lipinski definition) is 3. The highest BCUT2D eigenvalue weighted by molar-refractivity contribution is 5.76. The maximum absolute atomic E-state index is 12.3. The highest BCUT2D eigenvalue weighted by atomic mass is 16.6. The van der Waals surface area contributed by atoms with Gasteiger partial charge in [0, 0.05) is 25.1 Å². The molecule has 0 aliphatic heterocycles. The zero-order chi connectivity index (χ0) is 18.3. The molecule has 3 N–H and O–H groups in total. The zero-order valence-electron chi connectivity index (χ0n) is 15.7. The molecule has 0 bridgehead atoms. The minimum Gasteiger partial charge on any atom is -0.444 e. The number of aliphatic hydroxyl groups excluding tert-OH is 1. The smallest absolute Gasteiger partial charge is 0.407 e. The second-order valence-corrected chi connectivity index (χ2v) is 8.02. The van der Waals surface area contributed by atoms with Crippen molar-refractivity contribution in [3.05, 3.63) is 0 Å². The highest BCUT2D eigenvalue weighted by Gasteiger charge is 2.30. The molecule has 4 atom stereocenters. The number of nitrogens with one attached hydrogen (secondary N) is 2. The lowest BCUT2D eigenvalue weighted by Gasteiger charge is -2.33. The fourth-order valence-corrected chi connectivity index (χ4v) is 2.95. The number of aliphatic hydroxyl groups is 1. The van der Waals surface area contributed by atoms with Crippen LogP contribution in [-0.2, 0) is 9.53 Å². The lowest BCUT2D eigenvalue weighted by atomic mass is 9.82. The van der Waals surface area contributed by atoms with E-state index in [9.17, 15) is 9.59 Å². The highest BCUT2D eigenvalue weighted by Crippen LogP contribution is 2.27. The first-order chi connectivity index (χ1) is 11.1. The normalized spacial score (nSPS) is 23.9. The molecule has 1 rings (SSSR count). The number of rotatable bonds is 6. The van der Waals surface area contributed by atoms with Gasteiger partial charge in [0.2, 0.25) is 5.91 Å². The molecule has 0 saturated heterocycles. The third kappa shape index (κ3) is 7.51. The average molecular weight is 342 g/mol. The van der Waals surface area contributed by atoms with E-state index >= 15 is 0 Å². The molecular formula is C18H34N2O4. The predicted octanol–water partition coefficient (Wildman–Crippen LogP) is 2.59. The number of amides is 2. The van der Waals surface area contributed by atoms with Crippen molar-refractivity contribution in [3.8, 4) is 0 Å². The first kappa shape index (κ1) is 20.7. The molecule has 0 heterocycles. The Bertz CT molecular complexity index is 420. The van der Waals surface area contributed by atoms with E-state index in [-0.39, 0.29) is 36.4 Å². The summed E-state index contributed by atoms with van der Waals surface area (Å²) in [4.78, 5) is 24.3. The van der Waals surface area contributed by atoms with E-state index in [1.54, 1.807) is 0 Å². The van der Waals surface area contributed by atoms with E-state index in [1.807, 2.05) is 34.6 Å². The monoisotopic (exact) mass is 342 g/mol. The van der Waals surface area contributed by atoms with Gasteiger partial charge < -0.3 is 20.5 Å². The predicted molar refractivity (Wildman–Crippen MR) is 93.6 cm³/mol. The quantitative estimate of drug-likeness (QED) is 0.692. The van der Waals surface area contributed by atoms with Gasteiger partial charge in [-0.05, 0) is 52.4 Å².